The summed E-state index contributed by atoms with van der Waals surface area (Å²) in [6.07, 6.45) is 1.32. The average Bonchev–Trinajstić information content (AvgIpc) is 2.84. The smallest absolute Gasteiger partial charge is 0.243 e. The van der Waals surface area contributed by atoms with E-state index in [-0.39, 0.29) is 23.4 Å². The first kappa shape index (κ1) is 23.2. The molecule has 3 aromatic rings. The van der Waals surface area contributed by atoms with Gasteiger partial charge in [0.05, 0.1) is 16.9 Å². The predicted molar refractivity (Wildman–Crippen MR) is 130 cm³/mol. The molecule has 0 bridgehead atoms. The van der Waals surface area contributed by atoms with Crippen LogP contribution in [-0.2, 0) is 14.8 Å². The molecule has 0 spiro atoms. The summed E-state index contributed by atoms with van der Waals surface area (Å²) in [6, 6.07) is 24.5. The number of amides is 1. The fraction of sp³-hybridized carbons (Fsp3) is 0.296. The fourth-order valence-electron chi connectivity index (χ4n) is 4.39. The molecular formula is C27H30N2O3S. The molecule has 3 aromatic carbocycles. The zero-order valence-corrected chi connectivity index (χ0v) is 19.9. The van der Waals surface area contributed by atoms with Crippen molar-refractivity contribution in [3.63, 3.8) is 0 Å². The van der Waals surface area contributed by atoms with Gasteiger partial charge in [-0.2, -0.15) is 4.31 Å². The number of nitrogens with one attached hydrogen (secondary N) is 1. The Balaban J connectivity index is 1.55. The van der Waals surface area contributed by atoms with Gasteiger partial charge in [-0.3, -0.25) is 4.79 Å². The monoisotopic (exact) mass is 462 g/mol. The Morgan fingerprint density at radius 2 is 1.61 bits per heavy atom. The Bertz CT molecular complexity index is 1210. The van der Waals surface area contributed by atoms with Crippen molar-refractivity contribution in [3.8, 4) is 0 Å². The van der Waals surface area contributed by atoms with Crippen LogP contribution >= 0.6 is 0 Å². The SMILES string of the molecule is Cc1ccc(S(=O)(=O)N2CCCC(C(=O)NC(c3ccccc3)c3ccccc3C)C2)cc1. The third-order valence-corrected chi connectivity index (χ3v) is 8.21. The minimum Gasteiger partial charge on any atom is -0.345 e. The zero-order valence-electron chi connectivity index (χ0n) is 19.1. The molecule has 33 heavy (non-hydrogen) atoms. The van der Waals surface area contributed by atoms with Gasteiger partial charge in [0.15, 0.2) is 0 Å². The van der Waals surface area contributed by atoms with Crippen molar-refractivity contribution >= 4 is 15.9 Å². The highest BCUT2D eigenvalue weighted by Gasteiger charge is 2.34. The molecule has 6 heteroatoms. The number of aryl methyl sites for hydroxylation is 2. The van der Waals surface area contributed by atoms with Gasteiger partial charge in [0.1, 0.15) is 0 Å². The molecule has 0 aromatic heterocycles. The minimum atomic E-state index is -3.63. The highest BCUT2D eigenvalue weighted by Crippen LogP contribution is 2.28. The maximum atomic E-state index is 13.4. The molecule has 1 fully saturated rings. The number of benzene rings is 3. The molecule has 0 radical (unpaired) electrons. The van der Waals surface area contributed by atoms with Crippen LogP contribution in [0.2, 0.25) is 0 Å². The molecule has 1 heterocycles. The molecular weight excluding hydrogens is 432 g/mol. The van der Waals surface area contributed by atoms with E-state index in [0.717, 1.165) is 22.3 Å². The first-order valence-corrected chi connectivity index (χ1v) is 12.8. The fourth-order valence-corrected chi connectivity index (χ4v) is 5.91. The largest absolute Gasteiger partial charge is 0.345 e. The van der Waals surface area contributed by atoms with E-state index in [1.807, 2.05) is 68.4 Å². The van der Waals surface area contributed by atoms with Crippen LogP contribution in [0.4, 0.5) is 0 Å². The average molecular weight is 463 g/mol. The van der Waals surface area contributed by atoms with Gasteiger partial charge in [0, 0.05) is 13.1 Å². The molecule has 2 atom stereocenters. The predicted octanol–water partition coefficient (Wildman–Crippen LogP) is 4.61. The van der Waals surface area contributed by atoms with Crippen molar-refractivity contribution in [3.05, 3.63) is 101 Å². The molecule has 0 aliphatic carbocycles. The summed E-state index contributed by atoms with van der Waals surface area (Å²) in [7, 11) is -3.63. The number of hydrogen-bond acceptors (Lipinski definition) is 3. The standard InChI is InChI=1S/C27H30N2O3S/c1-20-14-16-24(17-15-20)33(31,32)29-18-8-12-23(19-29)27(30)28-26(22-10-4-3-5-11-22)25-13-7-6-9-21(25)2/h3-7,9-11,13-17,23,26H,8,12,18-19H2,1-2H3,(H,28,30). The highest BCUT2D eigenvalue weighted by molar-refractivity contribution is 7.89. The number of rotatable bonds is 6. The summed E-state index contributed by atoms with van der Waals surface area (Å²) in [6.45, 7) is 4.58. The van der Waals surface area contributed by atoms with Gasteiger partial charge in [-0.25, -0.2) is 8.42 Å². The molecule has 172 valence electrons. The summed E-state index contributed by atoms with van der Waals surface area (Å²) in [5.74, 6) is -0.509. The van der Waals surface area contributed by atoms with Gasteiger partial charge in [0.2, 0.25) is 15.9 Å². The molecule has 1 N–H and O–H groups in total. The molecule has 1 amide bonds. The van der Waals surface area contributed by atoms with Crippen molar-refractivity contribution in [1.82, 2.24) is 9.62 Å². The summed E-state index contributed by atoms with van der Waals surface area (Å²) < 4.78 is 27.8. The minimum absolute atomic E-state index is 0.115. The van der Waals surface area contributed by atoms with Crippen LogP contribution in [0, 0.1) is 19.8 Å². The van der Waals surface area contributed by atoms with E-state index >= 15 is 0 Å². The van der Waals surface area contributed by atoms with Crippen molar-refractivity contribution in [2.24, 2.45) is 5.92 Å². The second kappa shape index (κ2) is 9.89. The van der Waals surface area contributed by atoms with E-state index in [2.05, 4.69) is 5.32 Å². The first-order valence-electron chi connectivity index (χ1n) is 11.3. The lowest BCUT2D eigenvalue weighted by Crippen LogP contribution is -2.46. The molecule has 1 saturated heterocycles. The quantitative estimate of drug-likeness (QED) is 0.582. The van der Waals surface area contributed by atoms with Crippen LogP contribution in [0.15, 0.2) is 83.8 Å². The normalized spacial score (nSPS) is 17.9. The van der Waals surface area contributed by atoms with Crippen molar-refractivity contribution in [2.75, 3.05) is 13.1 Å². The zero-order chi connectivity index (χ0) is 23.4. The van der Waals surface area contributed by atoms with E-state index in [9.17, 15) is 13.2 Å². The lowest BCUT2D eigenvalue weighted by atomic mass is 9.93. The second-order valence-electron chi connectivity index (χ2n) is 8.72. The molecule has 1 aliphatic heterocycles. The molecule has 0 saturated carbocycles. The van der Waals surface area contributed by atoms with Gasteiger partial charge >= 0.3 is 0 Å². The van der Waals surface area contributed by atoms with Crippen molar-refractivity contribution in [1.29, 1.82) is 0 Å². The third-order valence-electron chi connectivity index (χ3n) is 6.33. The van der Waals surface area contributed by atoms with Gasteiger partial charge in [-0.05, 0) is 55.5 Å². The number of carbonyl (C=O) groups excluding carboxylic acids is 1. The lowest BCUT2D eigenvalue weighted by Gasteiger charge is -2.32. The summed E-state index contributed by atoms with van der Waals surface area (Å²) in [5, 5.41) is 3.22. The number of sulfonamides is 1. The van der Waals surface area contributed by atoms with Crippen LogP contribution in [0.3, 0.4) is 0 Å². The summed E-state index contributed by atoms with van der Waals surface area (Å²) in [5.41, 5.74) is 4.14. The van der Waals surface area contributed by atoms with Crippen LogP contribution in [0.5, 0.6) is 0 Å². The van der Waals surface area contributed by atoms with E-state index < -0.39 is 15.9 Å². The van der Waals surface area contributed by atoms with E-state index in [1.54, 1.807) is 24.3 Å². The lowest BCUT2D eigenvalue weighted by molar-refractivity contribution is -0.126. The maximum Gasteiger partial charge on any atom is 0.243 e. The van der Waals surface area contributed by atoms with E-state index in [4.69, 9.17) is 0 Å². The van der Waals surface area contributed by atoms with Gasteiger partial charge in [-0.1, -0.05) is 72.3 Å². The Morgan fingerprint density at radius 1 is 0.939 bits per heavy atom. The van der Waals surface area contributed by atoms with E-state index in [0.29, 0.717) is 19.4 Å². The summed E-state index contributed by atoms with van der Waals surface area (Å²) >= 11 is 0. The van der Waals surface area contributed by atoms with Crippen molar-refractivity contribution in [2.45, 2.75) is 37.6 Å². The number of nitrogens with zero attached hydrogens (tertiary/aromatic N) is 1. The van der Waals surface area contributed by atoms with Crippen LogP contribution in [0.25, 0.3) is 0 Å². The van der Waals surface area contributed by atoms with E-state index in [1.165, 1.54) is 4.31 Å². The third kappa shape index (κ3) is 5.18. The van der Waals surface area contributed by atoms with Crippen molar-refractivity contribution < 1.29 is 13.2 Å². The maximum absolute atomic E-state index is 13.4. The van der Waals surface area contributed by atoms with Gasteiger partial charge in [-0.15, -0.1) is 0 Å². The van der Waals surface area contributed by atoms with Crippen LogP contribution < -0.4 is 5.32 Å². The first-order chi connectivity index (χ1) is 15.9. The number of piperidine rings is 1. The molecule has 4 rings (SSSR count). The molecule has 5 nitrogen and oxygen atoms in total. The summed E-state index contributed by atoms with van der Waals surface area (Å²) in [4.78, 5) is 13.7. The topological polar surface area (TPSA) is 66.5 Å². The Morgan fingerprint density at radius 3 is 2.30 bits per heavy atom. The van der Waals surface area contributed by atoms with Gasteiger partial charge < -0.3 is 5.32 Å². The van der Waals surface area contributed by atoms with Crippen LogP contribution in [0.1, 0.15) is 41.1 Å². The number of hydrogen-bond donors (Lipinski definition) is 1. The Labute approximate surface area is 196 Å². The second-order valence-corrected chi connectivity index (χ2v) is 10.7. The Kier molecular flexibility index (Phi) is 6.96. The molecule has 2 unspecified atom stereocenters. The van der Waals surface area contributed by atoms with Gasteiger partial charge in [0.25, 0.3) is 0 Å². The number of carbonyl (C=O) groups is 1. The highest BCUT2D eigenvalue weighted by atomic mass is 32.2. The van der Waals surface area contributed by atoms with Crippen LogP contribution in [-0.4, -0.2) is 31.7 Å². The Hall–Kier alpha value is -2.96. The molecule has 1 aliphatic rings.